The molecular formula is C38H30O12. The Labute approximate surface area is 285 Å². The molecule has 6 rings (SSSR count). The Bertz CT molecular complexity index is 2160. The smallest absolute Gasteiger partial charge is 0.308 e. The predicted octanol–water partition coefficient (Wildman–Crippen LogP) is 6.21. The summed E-state index contributed by atoms with van der Waals surface area (Å²) >= 11 is 0. The van der Waals surface area contributed by atoms with Crippen LogP contribution in [0.4, 0.5) is 0 Å². The number of carbonyl (C=O) groups is 5. The molecule has 12 heteroatoms. The van der Waals surface area contributed by atoms with Crippen molar-refractivity contribution in [3.8, 4) is 39.9 Å². The van der Waals surface area contributed by atoms with Crippen molar-refractivity contribution in [1.82, 2.24) is 0 Å². The number of fused-ring (bicyclic) bond motifs is 2. The molecule has 0 fully saturated rings. The predicted molar refractivity (Wildman–Crippen MR) is 179 cm³/mol. The Hall–Kier alpha value is -6.56. The van der Waals surface area contributed by atoms with Crippen LogP contribution in [0.1, 0.15) is 49.5 Å². The summed E-state index contributed by atoms with van der Waals surface area (Å²) in [6, 6.07) is 22.6. The SMILES string of the molecule is CC(=O)Oc1ccc(-c2coc3cc(OC(C)=O)ccc3c2=O)cc1.CC(=O)Oc1ccc(C2COc3cc(OC(C)=O)ccc3C2=O)cc1. The van der Waals surface area contributed by atoms with Gasteiger partial charge in [-0.25, -0.2) is 0 Å². The second-order valence-corrected chi connectivity index (χ2v) is 11.0. The van der Waals surface area contributed by atoms with E-state index in [9.17, 15) is 28.8 Å². The average Bonchev–Trinajstić information content (AvgIpc) is 3.05. The quantitative estimate of drug-likeness (QED) is 0.148. The van der Waals surface area contributed by atoms with E-state index in [1.54, 1.807) is 66.7 Å². The molecule has 1 unspecified atom stereocenters. The molecule has 50 heavy (non-hydrogen) atoms. The second kappa shape index (κ2) is 15.1. The van der Waals surface area contributed by atoms with Gasteiger partial charge < -0.3 is 28.1 Å². The zero-order chi connectivity index (χ0) is 35.9. The maximum absolute atomic E-state index is 12.7. The van der Waals surface area contributed by atoms with Crippen LogP contribution in [0.15, 0.2) is 100 Å². The van der Waals surface area contributed by atoms with Gasteiger partial charge >= 0.3 is 23.9 Å². The van der Waals surface area contributed by atoms with E-state index in [1.165, 1.54) is 52.2 Å². The van der Waals surface area contributed by atoms with E-state index in [4.69, 9.17) is 28.1 Å². The van der Waals surface area contributed by atoms with Crippen molar-refractivity contribution in [2.75, 3.05) is 6.61 Å². The molecule has 1 aliphatic rings. The number of ketones is 1. The molecular weight excluding hydrogens is 648 g/mol. The van der Waals surface area contributed by atoms with Crippen molar-refractivity contribution in [2.45, 2.75) is 33.6 Å². The first-order valence-electron chi connectivity index (χ1n) is 15.2. The summed E-state index contributed by atoms with van der Waals surface area (Å²) in [5, 5.41) is 0.373. The van der Waals surface area contributed by atoms with Crippen LogP contribution in [0, 0.1) is 0 Å². The maximum atomic E-state index is 12.7. The molecule has 1 aliphatic heterocycles. The van der Waals surface area contributed by atoms with E-state index in [-0.39, 0.29) is 17.8 Å². The summed E-state index contributed by atoms with van der Waals surface area (Å²) < 4.78 is 31.1. The third-order valence-electron chi connectivity index (χ3n) is 7.18. The molecule has 0 saturated heterocycles. The van der Waals surface area contributed by atoms with E-state index in [2.05, 4.69) is 0 Å². The lowest BCUT2D eigenvalue weighted by Gasteiger charge is -2.24. The average molecular weight is 679 g/mol. The van der Waals surface area contributed by atoms with Gasteiger partial charge in [-0.1, -0.05) is 24.3 Å². The molecule has 0 amide bonds. The van der Waals surface area contributed by atoms with E-state index >= 15 is 0 Å². The summed E-state index contributed by atoms with van der Waals surface area (Å²) in [6.07, 6.45) is 1.35. The van der Waals surface area contributed by atoms with Gasteiger partial charge in [-0.15, -0.1) is 0 Å². The minimum atomic E-state index is -0.453. The van der Waals surface area contributed by atoms with Gasteiger partial charge in [0.1, 0.15) is 47.2 Å². The molecule has 0 N–H and O–H groups in total. The number of ether oxygens (including phenoxy) is 5. The Morgan fingerprint density at radius 2 is 1.10 bits per heavy atom. The van der Waals surface area contributed by atoms with Crippen molar-refractivity contribution < 1.29 is 52.1 Å². The molecule has 2 heterocycles. The number of carbonyl (C=O) groups excluding carboxylic acids is 5. The first-order chi connectivity index (χ1) is 23.9. The van der Waals surface area contributed by atoms with Crippen LogP contribution in [0.25, 0.3) is 22.1 Å². The van der Waals surface area contributed by atoms with E-state index in [0.29, 0.717) is 56.4 Å². The van der Waals surface area contributed by atoms with Gasteiger partial charge in [-0.2, -0.15) is 0 Å². The standard InChI is InChI=1S/C19H16O6.C19H14O6/c2*1-11(20)24-14-5-3-13(4-6-14)17-10-23-18-9-15(25-12(2)21)7-8-16(18)19(17)22/h3-9,17H,10H2,1-2H3;3-10H,1-2H3. The number of benzene rings is 4. The van der Waals surface area contributed by atoms with Crippen molar-refractivity contribution in [3.05, 3.63) is 113 Å². The molecule has 12 nitrogen and oxygen atoms in total. The van der Waals surface area contributed by atoms with Crippen LogP contribution in [0.3, 0.4) is 0 Å². The van der Waals surface area contributed by atoms with Gasteiger partial charge in [0.25, 0.3) is 0 Å². The van der Waals surface area contributed by atoms with Gasteiger partial charge in [0.15, 0.2) is 11.2 Å². The second-order valence-electron chi connectivity index (χ2n) is 11.0. The summed E-state index contributed by atoms with van der Waals surface area (Å²) in [7, 11) is 0. The fraction of sp³-hybridized carbons (Fsp3) is 0.158. The first kappa shape index (κ1) is 34.8. The molecule has 0 aliphatic carbocycles. The lowest BCUT2D eigenvalue weighted by molar-refractivity contribution is -0.132. The molecule has 1 aromatic heterocycles. The highest BCUT2D eigenvalue weighted by Gasteiger charge is 2.30. The number of hydrogen-bond donors (Lipinski definition) is 0. The van der Waals surface area contributed by atoms with Gasteiger partial charge in [0.05, 0.1) is 22.4 Å². The van der Waals surface area contributed by atoms with Crippen molar-refractivity contribution in [1.29, 1.82) is 0 Å². The third kappa shape index (κ3) is 8.47. The largest absolute Gasteiger partial charge is 0.492 e. The topological polar surface area (TPSA) is 162 Å². The zero-order valence-electron chi connectivity index (χ0n) is 27.3. The van der Waals surface area contributed by atoms with Crippen LogP contribution in [-0.4, -0.2) is 36.3 Å². The van der Waals surface area contributed by atoms with E-state index in [0.717, 1.165) is 5.56 Å². The molecule has 4 aromatic carbocycles. The van der Waals surface area contributed by atoms with Gasteiger partial charge in [0, 0.05) is 39.8 Å². The lowest BCUT2D eigenvalue weighted by Crippen LogP contribution is -2.26. The van der Waals surface area contributed by atoms with Crippen LogP contribution in [0.5, 0.6) is 28.7 Å². The number of rotatable bonds is 6. The van der Waals surface area contributed by atoms with Crippen LogP contribution < -0.4 is 29.1 Å². The van der Waals surface area contributed by atoms with Crippen molar-refractivity contribution in [3.63, 3.8) is 0 Å². The fourth-order valence-corrected chi connectivity index (χ4v) is 5.08. The molecule has 1 atom stereocenters. The molecule has 0 bridgehead atoms. The normalized spacial score (nSPS) is 13.1. The van der Waals surface area contributed by atoms with Crippen LogP contribution >= 0.6 is 0 Å². The Kier molecular flexibility index (Phi) is 10.5. The number of esters is 4. The highest BCUT2D eigenvalue weighted by molar-refractivity contribution is 6.04. The minimum Gasteiger partial charge on any atom is -0.492 e. The highest BCUT2D eigenvalue weighted by Crippen LogP contribution is 2.35. The molecule has 0 spiro atoms. The van der Waals surface area contributed by atoms with Crippen LogP contribution in [0.2, 0.25) is 0 Å². The molecule has 0 radical (unpaired) electrons. The summed E-state index contributed by atoms with van der Waals surface area (Å²) in [6.45, 7) is 5.43. The van der Waals surface area contributed by atoms with Gasteiger partial charge in [0.2, 0.25) is 0 Å². The van der Waals surface area contributed by atoms with Crippen molar-refractivity contribution in [2.24, 2.45) is 0 Å². The third-order valence-corrected chi connectivity index (χ3v) is 7.18. The van der Waals surface area contributed by atoms with E-state index < -0.39 is 29.8 Å². The zero-order valence-corrected chi connectivity index (χ0v) is 27.3. The Balaban J connectivity index is 0.000000194. The van der Waals surface area contributed by atoms with Crippen LogP contribution in [-0.2, 0) is 19.2 Å². The molecule has 5 aromatic rings. The fourth-order valence-electron chi connectivity index (χ4n) is 5.08. The maximum Gasteiger partial charge on any atom is 0.308 e. The van der Waals surface area contributed by atoms with Gasteiger partial charge in [-0.3, -0.25) is 28.8 Å². The molecule has 0 saturated carbocycles. The Morgan fingerprint density at radius 3 is 1.68 bits per heavy atom. The number of hydrogen-bond acceptors (Lipinski definition) is 12. The highest BCUT2D eigenvalue weighted by atomic mass is 16.5. The van der Waals surface area contributed by atoms with Gasteiger partial charge in [-0.05, 0) is 59.7 Å². The van der Waals surface area contributed by atoms with Crippen molar-refractivity contribution >= 4 is 40.6 Å². The summed E-state index contributed by atoms with van der Waals surface area (Å²) in [4.78, 5) is 69.3. The molecule has 254 valence electrons. The minimum absolute atomic E-state index is 0.0733. The first-order valence-corrected chi connectivity index (χ1v) is 15.2. The summed E-state index contributed by atoms with van der Waals surface area (Å²) in [5.41, 5.74) is 2.34. The monoisotopic (exact) mass is 678 g/mol. The van der Waals surface area contributed by atoms with E-state index in [1.807, 2.05) is 0 Å². The summed E-state index contributed by atoms with van der Waals surface area (Å²) in [5.74, 6) is -0.363. The Morgan fingerprint density at radius 1 is 0.600 bits per heavy atom. The number of Topliss-reactive ketones (excluding diaryl/α,β-unsaturated/α-hetero) is 1. The lowest BCUT2D eigenvalue weighted by atomic mass is 9.89.